The van der Waals surface area contributed by atoms with Crippen molar-refractivity contribution in [1.82, 2.24) is 5.32 Å². The van der Waals surface area contributed by atoms with Crippen molar-refractivity contribution in [1.29, 1.82) is 0 Å². The summed E-state index contributed by atoms with van der Waals surface area (Å²) in [6, 6.07) is 6.11. The van der Waals surface area contributed by atoms with Crippen LogP contribution in [0.5, 0.6) is 11.5 Å². The maximum Gasteiger partial charge on any atom is 0.224 e. The van der Waals surface area contributed by atoms with Gasteiger partial charge in [-0.05, 0) is 30.5 Å². The first-order valence-electron chi connectivity index (χ1n) is 7.99. The Bertz CT molecular complexity index is 493. The fraction of sp³-hybridized carbons (Fsp3) is 0.588. The van der Waals surface area contributed by atoms with Crippen LogP contribution in [0.15, 0.2) is 18.2 Å². The van der Waals surface area contributed by atoms with Gasteiger partial charge < -0.3 is 14.8 Å². The van der Waals surface area contributed by atoms with Crippen molar-refractivity contribution in [2.24, 2.45) is 0 Å². The molecule has 0 saturated heterocycles. The minimum atomic E-state index is 0.110. The maximum atomic E-state index is 12.2. The monoisotopic (exact) mass is 289 g/mol. The fourth-order valence-corrected chi connectivity index (χ4v) is 3.09. The summed E-state index contributed by atoms with van der Waals surface area (Å²) in [5.74, 6) is 1.63. The fourth-order valence-electron chi connectivity index (χ4n) is 3.09. The van der Waals surface area contributed by atoms with Gasteiger partial charge >= 0.3 is 0 Å². The van der Waals surface area contributed by atoms with Crippen LogP contribution >= 0.6 is 0 Å². The van der Waals surface area contributed by atoms with E-state index in [0.717, 1.165) is 29.9 Å². The van der Waals surface area contributed by atoms with Gasteiger partial charge in [-0.25, -0.2) is 0 Å². The number of carbonyl (C=O) groups excluding carboxylic acids is 1. The molecule has 1 fully saturated rings. The Hall–Kier alpha value is -1.71. The van der Waals surface area contributed by atoms with Crippen LogP contribution in [0.2, 0.25) is 0 Å². The van der Waals surface area contributed by atoms with Crippen molar-refractivity contribution in [3.63, 3.8) is 0 Å². The molecule has 0 bridgehead atoms. The molecule has 1 heterocycles. The molecule has 1 N–H and O–H groups in total. The Kier molecular flexibility index (Phi) is 4.63. The molecule has 2 aliphatic rings. The predicted octanol–water partition coefficient (Wildman–Crippen LogP) is 2.84. The summed E-state index contributed by atoms with van der Waals surface area (Å²) >= 11 is 0. The first-order valence-corrected chi connectivity index (χ1v) is 7.99. The summed E-state index contributed by atoms with van der Waals surface area (Å²) in [4.78, 5) is 12.2. The molecule has 21 heavy (non-hydrogen) atoms. The lowest BCUT2D eigenvalue weighted by molar-refractivity contribution is -0.121. The smallest absolute Gasteiger partial charge is 0.224 e. The Morgan fingerprint density at radius 1 is 1.05 bits per heavy atom. The molecule has 0 spiro atoms. The highest BCUT2D eigenvalue weighted by molar-refractivity contribution is 5.79. The van der Waals surface area contributed by atoms with E-state index in [2.05, 4.69) is 5.32 Å². The predicted molar refractivity (Wildman–Crippen MR) is 80.8 cm³/mol. The Morgan fingerprint density at radius 3 is 2.52 bits per heavy atom. The van der Waals surface area contributed by atoms with Gasteiger partial charge in [0, 0.05) is 6.04 Å². The topological polar surface area (TPSA) is 47.6 Å². The molecular weight excluding hydrogens is 266 g/mol. The van der Waals surface area contributed by atoms with E-state index in [1.165, 1.54) is 25.7 Å². The van der Waals surface area contributed by atoms with Crippen molar-refractivity contribution in [2.75, 3.05) is 13.2 Å². The lowest BCUT2D eigenvalue weighted by Gasteiger charge is -2.19. The standard InChI is InChI=1S/C17H23NO3/c19-17(18-14-5-3-1-2-4-6-14)12-13-7-8-15-16(11-13)21-10-9-20-15/h7-8,11,14H,1-6,9-10,12H2,(H,18,19). The van der Waals surface area contributed by atoms with Crippen LogP contribution in [-0.2, 0) is 11.2 Å². The number of nitrogens with one attached hydrogen (secondary N) is 1. The summed E-state index contributed by atoms with van der Waals surface area (Å²) in [5.41, 5.74) is 0.977. The molecule has 1 saturated carbocycles. The second-order valence-corrected chi connectivity index (χ2v) is 5.91. The lowest BCUT2D eigenvalue weighted by atomic mass is 10.1. The molecular formula is C17H23NO3. The highest BCUT2D eigenvalue weighted by atomic mass is 16.6. The van der Waals surface area contributed by atoms with Crippen LogP contribution in [0.4, 0.5) is 0 Å². The quantitative estimate of drug-likeness (QED) is 0.870. The van der Waals surface area contributed by atoms with Gasteiger partial charge in [-0.15, -0.1) is 0 Å². The molecule has 1 aromatic rings. The lowest BCUT2D eigenvalue weighted by Crippen LogP contribution is -2.35. The average Bonchev–Trinajstić information content (AvgIpc) is 2.75. The van der Waals surface area contributed by atoms with Crippen molar-refractivity contribution < 1.29 is 14.3 Å². The summed E-state index contributed by atoms with van der Waals surface area (Å²) in [6.45, 7) is 1.17. The van der Waals surface area contributed by atoms with Crippen LogP contribution < -0.4 is 14.8 Å². The third kappa shape index (κ3) is 3.90. The second kappa shape index (κ2) is 6.83. The zero-order valence-corrected chi connectivity index (χ0v) is 12.4. The Balaban J connectivity index is 1.56. The van der Waals surface area contributed by atoms with E-state index in [4.69, 9.17) is 9.47 Å². The largest absolute Gasteiger partial charge is 0.486 e. The van der Waals surface area contributed by atoms with Gasteiger partial charge in [0.25, 0.3) is 0 Å². The van der Waals surface area contributed by atoms with Crippen LogP contribution in [0.3, 0.4) is 0 Å². The molecule has 3 rings (SSSR count). The normalized spacial score (nSPS) is 18.9. The van der Waals surface area contributed by atoms with E-state index < -0.39 is 0 Å². The summed E-state index contributed by atoms with van der Waals surface area (Å²) in [7, 11) is 0. The zero-order chi connectivity index (χ0) is 14.5. The van der Waals surface area contributed by atoms with Gasteiger partial charge in [-0.2, -0.15) is 0 Å². The van der Waals surface area contributed by atoms with E-state index in [0.29, 0.717) is 25.7 Å². The zero-order valence-electron chi connectivity index (χ0n) is 12.4. The van der Waals surface area contributed by atoms with E-state index in [1.807, 2.05) is 18.2 Å². The number of rotatable bonds is 3. The third-order valence-electron chi connectivity index (χ3n) is 4.19. The number of carbonyl (C=O) groups is 1. The molecule has 0 unspecified atom stereocenters. The molecule has 0 radical (unpaired) electrons. The maximum absolute atomic E-state index is 12.2. The first-order chi connectivity index (χ1) is 10.3. The van der Waals surface area contributed by atoms with E-state index in [-0.39, 0.29) is 5.91 Å². The SMILES string of the molecule is O=C(Cc1ccc2c(c1)OCCO2)NC1CCCCCC1. The van der Waals surface area contributed by atoms with Crippen LogP contribution in [0, 0.1) is 0 Å². The van der Waals surface area contributed by atoms with E-state index in [1.54, 1.807) is 0 Å². The van der Waals surface area contributed by atoms with Crippen molar-refractivity contribution >= 4 is 5.91 Å². The van der Waals surface area contributed by atoms with Crippen molar-refractivity contribution in [3.05, 3.63) is 23.8 Å². The van der Waals surface area contributed by atoms with Gasteiger partial charge in [0.1, 0.15) is 13.2 Å². The minimum Gasteiger partial charge on any atom is -0.486 e. The third-order valence-corrected chi connectivity index (χ3v) is 4.19. The number of amides is 1. The second-order valence-electron chi connectivity index (χ2n) is 5.91. The summed E-state index contributed by atoms with van der Waals surface area (Å²) in [5, 5.41) is 3.18. The van der Waals surface area contributed by atoms with E-state index in [9.17, 15) is 4.79 Å². The Morgan fingerprint density at radius 2 is 1.76 bits per heavy atom. The molecule has 114 valence electrons. The van der Waals surface area contributed by atoms with Gasteiger partial charge in [-0.3, -0.25) is 4.79 Å². The van der Waals surface area contributed by atoms with Gasteiger partial charge in [0.15, 0.2) is 11.5 Å². The van der Waals surface area contributed by atoms with Crippen LogP contribution in [-0.4, -0.2) is 25.2 Å². The molecule has 1 aromatic carbocycles. The Labute approximate surface area is 125 Å². The molecule has 0 atom stereocenters. The highest BCUT2D eigenvalue weighted by Crippen LogP contribution is 2.30. The van der Waals surface area contributed by atoms with Crippen molar-refractivity contribution in [3.8, 4) is 11.5 Å². The average molecular weight is 289 g/mol. The summed E-state index contributed by atoms with van der Waals surface area (Å²) < 4.78 is 11.0. The molecule has 1 amide bonds. The number of ether oxygens (including phenoxy) is 2. The van der Waals surface area contributed by atoms with Crippen LogP contribution in [0.1, 0.15) is 44.1 Å². The number of benzene rings is 1. The highest BCUT2D eigenvalue weighted by Gasteiger charge is 2.16. The van der Waals surface area contributed by atoms with E-state index >= 15 is 0 Å². The van der Waals surface area contributed by atoms with Crippen LogP contribution in [0.25, 0.3) is 0 Å². The molecule has 4 nitrogen and oxygen atoms in total. The molecule has 0 aromatic heterocycles. The number of hydrogen-bond acceptors (Lipinski definition) is 3. The minimum absolute atomic E-state index is 0.110. The molecule has 1 aliphatic carbocycles. The van der Waals surface area contributed by atoms with Gasteiger partial charge in [0.2, 0.25) is 5.91 Å². The van der Waals surface area contributed by atoms with Crippen molar-refractivity contribution in [2.45, 2.75) is 51.0 Å². The summed E-state index contributed by atoms with van der Waals surface area (Å²) in [6.07, 6.45) is 7.71. The molecule has 4 heteroatoms. The number of fused-ring (bicyclic) bond motifs is 1. The molecule has 1 aliphatic heterocycles. The van der Waals surface area contributed by atoms with Gasteiger partial charge in [-0.1, -0.05) is 31.7 Å². The first kappa shape index (κ1) is 14.2. The van der Waals surface area contributed by atoms with Gasteiger partial charge in [0.05, 0.1) is 6.42 Å². The number of hydrogen-bond donors (Lipinski definition) is 1.